The van der Waals surface area contributed by atoms with Crippen LogP contribution in [0.15, 0.2) is 84.9 Å². The molecule has 0 spiro atoms. The fourth-order valence-electron chi connectivity index (χ4n) is 8.86. The van der Waals surface area contributed by atoms with Crippen LogP contribution in [-0.2, 0) is 44.6 Å². The van der Waals surface area contributed by atoms with Crippen molar-refractivity contribution in [2.75, 3.05) is 78.9 Å². The number of carbonyl (C=O) groups is 3. The summed E-state index contributed by atoms with van der Waals surface area (Å²) < 4.78 is 64.8. The minimum atomic E-state index is -4.49. The summed E-state index contributed by atoms with van der Waals surface area (Å²) in [6.07, 6.45) is -3.11. The Balaban J connectivity index is 0.645. The number of fused-ring (bicyclic) bond motifs is 2. The van der Waals surface area contributed by atoms with E-state index in [0.717, 1.165) is 62.5 Å². The number of benzene rings is 4. The van der Waals surface area contributed by atoms with Gasteiger partial charge >= 0.3 is 6.18 Å². The lowest BCUT2D eigenvalue weighted by atomic mass is 10.00. The maximum absolute atomic E-state index is 13.4. The topological polar surface area (TPSA) is 177 Å². The zero-order valence-electron chi connectivity index (χ0n) is 38.2. The molecule has 3 amide bonds. The van der Waals surface area contributed by atoms with Gasteiger partial charge in [0, 0.05) is 73.9 Å². The van der Waals surface area contributed by atoms with Gasteiger partial charge in [0.1, 0.15) is 36.4 Å². The van der Waals surface area contributed by atoms with Crippen molar-refractivity contribution in [2.24, 2.45) is 0 Å². The summed E-state index contributed by atoms with van der Waals surface area (Å²) >= 11 is 6.15. The van der Waals surface area contributed by atoms with Crippen molar-refractivity contribution in [3.8, 4) is 34.6 Å². The lowest BCUT2D eigenvalue weighted by Gasteiger charge is -2.34. The molecular weight excluding hydrogens is 933 g/mol. The SMILES string of the molecule is O=C1CCC(N2Cc3cc(OCCN4CCN(CCOCCOCCOc5ccc(CCc6c(-c7ccc(C(F)(F)F)cc7)nn(-c7nc8cc(Cl)ccc8[nH]7)c6O)cc5)CC4)ccc3C2=O)C(=O)N1. The van der Waals surface area contributed by atoms with Crippen molar-refractivity contribution in [1.82, 2.24) is 39.8 Å². The van der Waals surface area contributed by atoms with E-state index in [9.17, 15) is 32.7 Å². The highest BCUT2D eigenvalue weighted by molar-refractivity contribution is 6.31. The molecule has 3 aliphatic rings. The molecule has 1 unspecified atom stereocenters. The number of nitrogens with one attached hydrogen (secondary N) is 2. The van der Waals surface area contributed by atoms with Crippen LogP contribution in [0.5, 0.6) is 17.4 Å². The number of halogens is 4. The Morgan fingerprint density at radius 3 is 2.19 bits per heavy atom. The molecule has 2 aromatic heterocycles. The second-order valence-corrected chi connectivity index (χ2v) is 17.8. The van der Waals surface area contributed by atoms with E-state index in [1.807, 2.05) is 30.3 Å². The molecule has 2 fully saturated rings. The number of hydrogen-bond acceptors (Lipinski definition) is 12. The van der Waals surface area contributed by atoms with Crippen LogP contribution in [-0.4, -0.2) is 142 Å². The number of aromatic nitrogens is 4. The van der Waals surface area contributed by atoms with Crippen LogP contribution in [0.25, 0.3) is 28.2 Å². The number of piperazine rings is 1. The first-order chi connectivity index (χ1) is 33.9. The van der Waals surface area contributed by atoms with E-state index in [1.54, 1.807) is 30.3 Å². The predicted octanol–water partition coefficient (Wildman–Crippen LogP) is 6.45. The van der Waals surface area contributed by atoms with Crippen LogP contribution in [0.3, 0.4) is 0 Å². The van der Waals surface area contributed by atoms with Crippen LogP contribution in [0.4, 0.5) is 13.2 Å². The molecular formula is C50H52ClF3N8O8. The van der Waals surface area contributed by atoms with Crippen LogP contribution >= 0.6 is 11.6 Å². The Hall–Kier alpha value is -6.51. The second kappa shape index (κ2) is 21.6. The standard InChI is InChI=1S/C50H52ClF3N8O8/c51-36-8-14-41-42(30-36)56-49(55-41)62-48(66)40(45(58-62)33-4-6-35(7-5-33)50(52,53)54)12-3-32-1-9-37(10-2-32)70-28-27-68-26-25-67-23-21-59-17-19-60(20-18-59)22-24-69-38-11-13-39-34(29-38)31-61(47(39)65)43-15-16-44(63)57-46(43)64/h1-2,4-11,13-14,29-30,43,66H,3,12,15-28,31H2,(H,55,56)(H,57,63,64). The molecule has 3 aliphatic heterocycles. The van der Waals surface area contributed by atoms with Gasteiger partial charge in [-0.2, -0.15) is 23.0 Å². The average molecular weight is 985 g/mol. The lowest BCUT2D eigenvalue weighted by Crippen LogP contribution is -2.52. The number of aryl methyl sites for hydroxylation is 1. The third-order valence-electron chi connectivity index (χ3n) is 12.7. The van der Waals surface area contributed by atoms with Crippen LogP contribution in [0, 0.1) is 0 Å². The van der Waals surface area contributed by atoms with E-state index in [4.69, 9.17) is 30.5 Å². The maximum Gasteiger partial charge on any atom is 0.416 e. The second-order valence-electron chi connectivity index (χ2n) is 17.3. The Kier molecular flexibility index (Phi) is 15.0. The van der Waals surface area contributed by atoms with E-state index in [1.165, 1.54) is 21.7 Å². The van der Waals surface area contributed by atoms with Gasteiger partial charge in [0.15, 0.2) is 0 Å². The van der Waals surface area contributed by atoms with Crippen molar-refractivity contribution >= 4 is 40.4 Å². The maximum atomic E-state index is 13.4. The number of amides is 3. The number of H-pyrrole nitrogens is 1. The summed E-state index contributed by atoms with van der Waals surface area (Å²) in [5, 5.41) is 18.9. The molecule has 16 nitrogen and oxygen atoms in total. The highest BCUT2D eigenvalue weighted by Crippen LogP contribution is 2.36. The molecule has 70 heavy (non-hydrogen) atoms. The smallest absolute Gasteiger partial charge is 0.416 e. The number of hydrogen-bond donors (Lipinski definition) is 3. The molecule has 4 aromatic carbocycles. The van der Waals surface area contributed by atoms with Gasteiger partial charge in [-0.15, -0.1) is 0 Å². The van der Waals surface area contributed by atoms with Gasteiger partial charge in [0.2, 0.25) is 23.6 Å². The monoisotopic (exact) mass is 984 g/mol. The number of rotatable bonds is 20. The van der Waals surface area contributed by atoms with Crippen LogP contribution in [0.2, 0.25) is 5.02 Å². The summed E-state index contributed by atoms with van der Waals surface area (Å²) in [4.78, 5) is 50.8. The fraction of sp³-hybridized carbons (Fsp3) is 0.380. The molecule has 3 N–H and O–H groups in total. The third kappa shape index (κ3) is 11.6. The van der Waals surface area contributed by atoms with Crippen molar-refractivity contribution < 1.29 is 51.6 Å². The number of alkyl halides is 3. The molecule has 368 valence electrons. The largest absolute Gasteiger partial charge is 0.493 e. The Morgan fingerprint density at radius 2 is 1.46 bits per heavy atom. The summed E-state index contributed by atoms with van der Waals surface area (Å²) in [7, 11) is 0. The summed E-state index contributed by atoms with van der Waals surface area (Å²) in [5.74, 6) is 0.468. The van der Waals surface area contributed by atoms with Crippen molar-refractivity contribution in [2.45, 2.75) is 44.4 Å². The van der Waals surface area contributed by atoms with Gasteiger partial charge in [0.25, 0.3) is 5.91 Å². The Bertz CT molecular complexity index is 2810. The first-order valence-corrected chi connectivity index (χ1v) is 23.6. The minimum Gasteiger partial charge on any atom is -0.493 e. The number of piperidine rings is 1. The molecule has 5 heterocycles. The van der Waals surface area contributed by atoms with Crippen molar-refractivity contribution in [3.05, 3.63) is 118 Å². The molecule has 2 saturated heterocycles. The first-order valence-electron chi connectivity index (χ1n) is 23.2. The number of nitrogens with zero attached hydrogens (tertiary/aromatic N) is 6. The van der Waals surface area contributed by atoms with Gasteiger partial charge < -0.3 is 33.9 Å². The zero-order valence-corrected chi connectivity index (χ0v) is 38.9. The molecule has 1 atom stereocenters. The zero-order chi connectivity index (χ0) is 48.8. The number of aromatic amines is 1. The van der Waals surface area contributed by atoms with Gasteiger partial charge in [-0.25, -0.2) is 4.98 Å². The van der Waals surface area contributed by atoms with E-state index >= 15 is 0 Å². The normalized spacial score (nSPS) is 16.8. The highest BCUT2D eigenvalue weighted by Gasteiger charge is 2.39. The summed E-state index contributed by atoms with van der Waals surface area (Å²) in [6, 6.07) is 22.1. The number of imide groups is 1. The average Bonchev–Trinajstić information content (AvgIpc) is 4.02. The van der Waals surface area contributed by atoms with Crippen LogP contribution < -0.4 is 14.8 Å². The number of aromatic hydroxyl groups is 1. The minimum absolute atomic E-state index is 0.181. The molecule has 6 aromatic rings. The molecule has 0 radical (unpaired) electrons. The quantitative estimate of drug-likeness (QED) is 0.0564. The Labute approximate surface area is 406 Å². The van der Waals surface area contributed by atoms with E-state index in [2.05, 4.69) is 30.2 Å². The van der Waals surface area contributed by atoms with E-state index < -0.39 is 23.7 Å². The van der Waals surface area contributed by atoms with Gasteiger partial charge in [-0.3, -0.25) is 29.5 Å². The highest BCUT2D eigenvalue weighted by atomic mass is 35.5. The van der Waals surface area contributed by atoms with Gasteiger partial charge in [-0.05, 0) is 91.1 Å². The molecule has 9 rings (SSSR count). The number of carbonyl (C=O) groups excluding carboxylic acids is 3. The molecule has 0 saturated carbocycles. The van der Waals surface area contributed by atoms with Crippen molar-refractivity contribution in [1.29, 1.82) is 0 Å². The summed E-state index contributed by atoms with van der Waals surface area (Å²) in [5.41, 5.74) is 3.99. The molecule has 20 heteroatoms. The number of ether oxygens (including phenoxy) is 4. The Morgan fingerprint density at radius 1 is 0.771 bits per heavy atom. The van der Waals surface area contributed by atoms with Crippen molar-refractivity contribution in [3.63, 3.8) is 0 Å². The van der Waals surface area contributed by atoms with Crippen LogP contribution in [0.1, 0.15) is 45.5 Å². The molecule has 0 aliphatic carbocycles. The molecule has 0 bridgehead atoms. The van der Waals surface area contributed by atoms with Gasteiger partial charge in [0.05, 0.1) is 43.0 Å². The van der Waals surface area contributed by atoms with E-state index in [0.29, 0.717) is 115 Å². The number of imidazole rings is 1. The third-order valence-corrected chi connectivity index (χ3v) is 13.0. The fourth-order valence-corrected chi connectivity index (χ4v) is 9.03. The first kappa shape index (κ1) is 48.5. The lowest BCUT2D eigenvalue weighted by molar-refractivity contribution is -0.138. The van der Waals surface area contributed by atoms with E-state index in [-0.39, 0.29) is 30.1 Å². The summed E-state index contributed by atoms with van der Waals surface area (Å²) in [6.45, 7) is 8.39. The van der Waals surface area contributed by atoms with Gasteiger partial charge in [-0.1, -0.05) is 35.9 Å². The predicted molar refractivity (Wildman–Crippen MR) is 252 cm³/mol.